The highest BCUT2D eigenvalue weighted by molar-refractivity contribution is 5.75. The molecule has 0 atom stereocenters. The zero-order valence-electron chi connectivity index (χ0n) is 8.60. The van der Waals surface area contributed by atoms with Crippen molar-refractivity contribution in [2.75, 3.05) is 0 Å². The fourth-order valence-corrected chi connectivity index (χ4v) is 1.89. The lowest BCUT2D eigenvalue weighted by Crippen LogP contribution is -2.43. The summed E-state index contributed by atoms with van der Waals surface area (Å²) >= 11 is 0. The number of alkyl halides is 2. The van der Waals surface area contributed by atoms with E-state index in [-0.39, 0.29) is 12.1 Å². The summed E-state index contributed by atoms with van der Waals surface area (Å²) in [4.78, 5) is 10.6. The Morgan fingerprint density at radius 3 is 2.67 bits per heavy atom. The average Bonchev–Trinajstić information content (AvgIpc) is 2.46. The minimum atomic E-state index is -2.79. The van der Waals surface area contributed by atoms with E-state index in [1.807, 2.05) is 0 Å². The number of halogens is 2. The van der Waals surface area contributed by atoms with Gasteiger partial charge in [-0.1, -0.05) is 13.8 Å². The highest BCUT2D eigenvalue weighted by atomic mass is 19.3. The molecule has 1 heterocycles. The van der Waals surface area contributed by atoms with Crippen LogP contribution in [0.2, 0.25) is 0 Å². The van der Waals surface area contributed by atoms with Crippen LogP contribution in [0.3, 0.4) is 0 Å². The van der Waals surface area contributed by atoms with Gasteiger partial charge < -0.3 is 0 Å². The topological polar surface area (TPSA) is 45.8 Å². The number of aromatic nitrogens is 2. The molecule has 1 aliphatic rings. The molecule has 0 unspecified atom stereocenters. The van der Waals surface area contributed by atoms with Crippen molar-refractivity contribution in [2.45, 2.75) is 32.6 Å². The molecule has 0 bridgehead atoms. The fourth-order valence-electron chi connectivity index (χ4n) is 1.89. The van der Waals surface area contributed by atoms with Crippen molar-refractivity contribution in [3.63, 3.8) is 0 Å². The van der Waals surface area contributed by atoms with E-state index in [1.165, 1.54) is 13.8 Å². The summed E-state index contributed by atoms with van der Waals surface area (Å²) in [7, 11) is 0. The Morgan fingerprint density at radius 1 is 1.40 bits per heavy atom. The molecule has 2 rings (SSSR count). The first-order valence-corrected chi connectivity index (χ1v) is 4.76. The first kappa shape index (κ1) is 10.3. The van der Waals surface area contributed by atoms with Crippen LogP contribution in [0.25, 0.3) is 0 Å². The largest absolute Gasteiger partial charge is 0.296 e. The summed E-state index contributed by atoms with van der Waals surface area (Å²) < 4.78 is 27.4. The zero-order chi connectivity index (χ0) is 11.3. The van der Waals surface area contributed by atoms with Crippen LogP contribution in [0.5, 0.6) is 0 Å². The van der Waals surface area contributed by atoms with Crippen LogP contribution in [0.4, 0.5) is 8.78 Å². The predicted molar refractivity (Wildman–Crippen MR) is 50.1 cm³/mol. The minimum Gasteiger partial charge on any atom is -0.296 e. The molecule has 0 spiro atoms. The maximum atomic E-state index is 13.7. The van der Waals surface area contributed by atoms with Crippen molar-refractivity contribution in [1.29, 1.82) is 0 Å². The highest BCUT2D eigenvalue weighted by Crippen LogP contribution is 2.46. The van der Waals surface area contributed by atoms with E-state index in [9.17, 15) is 13.6 Å². The standard InChI is InChI=1S/C10H12F2N2O/c1-9(2)4-7-6(3-10(9,11)12)8(5-15)14-13-7/h5H,3-4H2,1-2H3,(H,13,14). The lowest BCUT2D eigenvalue weighted by atomic mass is 9.73. The first-order valence-electron chi connectivity index (χ1n) is 4.76. The number of fused-ring (bicyclic) bond motifs is 1. The van der Waals surface area contributed by atoms with Crippen LogP contribution < -0.4 is 0 Å². The van der Waals surface area contributed by atoms with E-state index in [0.29, 0.717) is 17.5 Å². The molecule has 0 saturated carbocycles. The Balaban J connectivity index is 2.49. The molecule has 0 amide bonds. The maximum Gasteiger partial charge on any atom is 0.257 e. The lowest BCUT2D eigenvalue weighted by Gasteiger charge is -2.37. The number of nitrogens with one attached hydrogen (secondary N) is 1. The molecule has 5 heteroatoms. The molecule has 0 saturated heterocycles. The van der Waals surface area contributed by atoms with Crippen LogP contribution in [0.1, 0.15) is 35.6 Å². The zero-order valence-corrected chi connectivity index (χ0v) is 8.60. The summed E-state index contributed by atoms with van der Waals surface area (Å²) in [5.74, 6) is -2.79. The van der Waals surface area contributed by atoms with E-state index >= 15 is 0 Å². The number of rotatable bonds is 1. The summed E-state index contributed by atoms with van der Waals surface area (Å²) in [5.41, 5.74) is 0.0506. The maximum absolute atomic E-state index is 13.7. The monoisotopic (exact) mass is 214 g/mol. The SMILES string of the molecule is CC1(C)Cc2[nH]nc(C=O)c2CC1(F)F. The minimum absolute atomic E-state index is 0.111. The Bertz CT molecular complexity index is 410. The van der Waals surface area contributed by atoms with Gasteiger partial charge in [0.1, 0.15) is 5.69 Å². The predicted octanol–water partition coefficient (Wildman–Crippen LogP) is 1.98. The van der Waals surface area contributed by atoms with E-state index in [0.717, 1.165) is 0 Å². The van der Waals surface area contributed by atoms with Crippen molar-refractivity contribution >= 4 is 6.29 Å². The Labute approximate surface area is 85.9 Å². The van der Waals surface area contributed by atoms with Crippen LogP contribution >= 0.6 is 0 Å². The highest BCUT2D eigenvalue weighted by Gasteiger charge is 2.51. The van der Waals surface area contributed by atoms with Gasteiger partial charge in [0, 0.05) is 29.5 Å². The smallest absolute Gasteiger partial charge is 0.257 e. The molecular formula is C10H12F2N2O. The van der Waals surface area contributed by atoms with Crippen molar-refractivity contribution in [1.82, 2.24) is 10.2 Å². The average molecular weight is 214 g/mol. The summed E-state index contributed by atoms with van der Waals surface area (Å²) in [6, 6.07) is 0. The van der Waals surface area contributed by atoms with Crippen molar-refractivity contribution in [3.05, 3.63) is 17.0 Å². The summed E-state index contributed by atoms with van der Waals surface area (Å²) in [5, 5.41) is 6.38. The van der Waals surface area contributed by atoms with Gasteiger partial charge in [-0.15, -0.1) is 0 Å². The van der Waals surface area contributed by atoms with Gasteiger partial charge in [-0.3, -0.25) is 9.89 Å². The van der Waals surface area contributed by atoms with Crippen molar-refractivity contribution in [3.8, 4) is 0 Å². The molecule has 1 aromatic rings. The number of hydrogen-bond acceptors (Lipinski definition) is 2. The molecule has 1 aliphatic carbocycles. The summed E-state index contributed by atoms with van der Waals surface area (Å²) in [6.07, 6.45) is 0.333. The Kier molecular flexibility index (Phi) is 1.96. The Hall–Kier alpha value is -1.26. The second-order valence-corrected chi connectivity index (χ2v) is 4.63. The van der Waals surface area contributed by atoms with E-state index in [4.69, 9.17) is 0 Å². The van der Waals surface area contributed by atoms with Crippen LogP contribution in [-0.2, 0) is 12.8 Å². The molecule has 0 aliphatic heterocycles. The second kappa shape index (κ2) is 2.87. The van der Waals surface area contributed by atoms with Crippen molar-refractivity contribution < 1.29 is 13.6 Å². The lowest BCUT2D eigenvalue weighted by molar-refractivity contribution is -0.111. The molecule has 1 aromatic heterocycles. The number of hydrogen-bond donors (Lipinski definition) is 1. The molecule has 0 fully saturated rings. The third kappa shape index (κ3) is 1.37. The van der Waals surface area contributed by atoms with Crippen molar-refractivity contribution in [2.24, 2.45) is 5.41 Å². The number of carbonyl (C=O) groups is 1. The first-order chi connectivity index (χ1) is 6.87. The summed E-state index contributed by atoms with van der Waals surface area (Å²) in [6.45, 7) is 3.05. The van der Waals surface area contributed by atoms with Crippen LogP contribution in [0.15, 0.2) is 0 Å². The second-order valence-electron chi connectivity index (χ2n) is 4.63. The molecule has 0 radical (unpaired) electrons. The quantitative estimate of drug-likeness (QED) is 0.726. The van der Waals surface area contributed by atoms with Gasteiger partial charge in [-0.05, 0) is 0 Å². The van der Waals surface area contributed by atoms with Gasteiger partial charge in [-0.2, -0.15) is 5.10 Å². The fraction of sp³-hybridized carbons (Fsp3) is 0.600. The molecule has 15 heavy (non-hydrogen) atoms. The number of H-pyrrole nitrogens is 1. The van der Waals surface area contributed by atoms with Gasteiger partial charge in [0.15, 0.2) is 6.29 Å². The van der Waals surface area contributed by atoms with Crippen LogP contribution in [0, 0.1) is 5.41 Å². The van der Waals surface area contributed by atoms with E-state index < -0.39 is 17.8 Å². The number of aldehydes is 1. The van der Waals surface area contributed by atoms with Crippen LogP contribution in [-0.4, -0.2) is 22.4 Å². The van der Waals surface area contributed by atoms with Gasteiger partial charge in [0.05, 0.1) is 0 Å². The molecule has 0 aromatic carbocycles. The third-order valence-corrected chi connectivity index (χ3v) is 3.10. The number of aromatic amines is 1. The van der Waals surface area contributed by atoms with E-state index in [1.54, 1.807) is 0 Å². The van der Waals surface area contributed by atoms with Gasteiger partial charge in [0.25, 0.3) is 5.92 Å². The Morgan fingerprint density at radius 2 is 2.07 bits per heavy atom. The molecule has 82 valence electrons. The van der Waals surface area contributed by atoms with Gasteiger partial charge in [-0.25, -0.2) is 8.78 Å². The molecule has 3 nitrogen and oxygen atoms in total. The molecule has 1 N–H and O–H groups in total. The van der Waals surface area contributed by atoms with Gasteiger partial charge in [0.2, 0.25) is 0 Å². The number of nitrogens with zero attached hydrogens (tertiary/aromatic N) is 1. The van der Waals surface area contributed by atoms with E-state index in [2.05, 4.69) is 10.2 Å². The normalized spacial score (nSPS) is 22.1. The third-order valence-electron chi connectivity index (χ3n) is 3.10. The number of carbonyl (C=O) groups excluding carboxylic acids is 1. The molecular weight excluding hydrogens is 202 g/mol. The van der Waals surface area contributed by atoms with Gasteiger partial charge >= 0.3 is 0 Å².